The molecule has 20 heavy (non-hydrogen) atoms. The monoisotopic (exact) mass is 269 g/mol. The van der Waals surface area contributed by atoms with Gasteiger partial charge in [0.25, 0.3) is 0 Å². The summed E-state index contributed by atoms with van der Waals surface area (Å²) in [5, 5.41) is 7.94. The molecule has 1 heterocycles. The van der Waals surface area contributed by atoms with Crippen LogP contribution in [0.3, 0.4) is 0 Å². The highest BCUT2D eigenvalue weighted by atomic mass is 15.3. The van der Waals surface area contributed by atoms with Crippen LogP contribution in [0.5, 0.6) is 0 Å². The van der Waals surface area contributed by atoms with E-state index in [-0.39, 0.29) is 0 Å². The molecule has 2 aromatic rings. The molecule has 1 aliphatic rings. The van der Waals surface area contributed by atoms with Crippen LogP contribution < -0.4 is 5.32 Å². The highest BCUT2D eigenvalue weighted by molar-refractivity contribution is 5.39. The van der Waals surface area contributed by atoms with Crippen molar-refractivity contribution >= 4 is 0 Å². The molecule has 0 amide bonds. The lowest BCUT2D eigenvalue weighted by atomic mass is 9.78. The SMILES string of the molecule is CC(C)CNCc1cnn(CC2Cc3ccccc32)c1. The number of hydrogen-bond donors (Lipinski definition) is 1. The molecule has 0 fully saturated rings. The van der Waals surface area contributed by atoms with Gasteiger partial charge in [0, 0.05) is 30.8 Å². The maximum absolute atomic E-state index is 4.49. The molecule has 1 atom stereocenters. The van der Waals surface area contributed by atoms with E-state index in [4.69, 9.17) is 0 Å². The highest BCUT2D eigenvalue weighted by Gasteiger charge is 2.25. The van der Waals surface area contributed by atoms with Crippen molar-refractivity contribution in [2.24, 2.45) is 5.92 Å². The first kappa shape index (κ1) is 13.4. The largest absolute Gasteiger partial charge is 0.312 e. The third-order valence-electron chi connectivity index (χ3n) is 3.94. The highest BCUT2D eigenvalue weighted by Crippen LogP contribution is 2.35. The Morgan fingerprint density at radius 2 is 2.20 bits per heavy atom. The van der Waals surface area contributed by atoms with Crippen LogP contribution in [0.2, 0.25) is 0 Å². The maximum Gasteiger partial charge on any atom is 0.0534 e. The van der Waals surface area contributed by atoms with Crippen molar-refractivity contribution < 1.29 is 0 Å². The number of nitrogens with zero attached hydrogens (tertiary/aromatic N) is 2. The van der Waals surface area contributed by atoms with E-state index in [9.17, 15) is 0 Å². The summed E-state index contributed by atoms with van der Waals surface area (Å²) in [7, 11) is 0. The quantitative estimate of drug-likeness (QED) is 0.873. The van der Waals surface area contributed by atoms with Gasteiger partial charge >= 0.3 is 0 Å². The van der Waals surface area contributed by atoms with Gasteiger partial charge in [0.1, 0.15) is 0 Å². The van der Waals surface area contributed by atoms with Crippen molar-refractivity contribution in [2.45, 2.75) is 39.3 Å². The Bertz CT molecular complexity index is 571. The second-order valence-electron chi connectivity index (χ2n) is 6.20. The lowest BCUT2D eigenvalue weighted by Crippen LogP contribution is -2.22. The first-order valence-corrected chi connectivity index (χ1v) is 7.52. The van der Waals surface area contributed by atoms with E-state index in [1.54, 1.807) is 0 Å². The zero-order valence-electron chi connectivity index (χ0n) is 12.3. The number of aromatic nitrogens is 2. The van der Waals surface area contributed by atoms with Crippen LogP contribution in [0, 0.1) is 5.92 Å². The van der Waals surface area contributed by atoms with Crippen LogP contribution in [0.25, 0.3) is 0 Å². The second kappa shape index (κ2) is 5.80. The minimum absolute atomic E-state index is 0.641. The molecule has 106 valence electrons. The standard InChI is InChI=1S/C17H23N3/c1-13(2)8-18-9-14-10-19-20(11-14)12-16-7-15-5-3-4-6-17(15)16/h3-6,10-11,13,16,18H,7-9,12H2,1-2H3. The lowest BCUT2D eigenvalue weighted by molar-refractivity contribution is 0.474. The summed E-state index contributed by atoms with van der Waals surface area (Å²) in [4.78, 5) is 0. The summed E-state index contributed by atoms with van der Waals surface area (Å²) < 4.78 is 2.09. The van der Waals surface area contributed by atoms with Crippen LogP contribution >= 0.6 is 0 Å². The first-order valence-electron chi connectivity index (χ1n) is 7.52. The van der Waals surface area contributed by atoms with Crippen molar-refractivity contribution in [3.63, 3.8) is 0 Å². The van der Waals surface area contributed by atoms with E-state index in [0.717, 1.165) is 19.6 Å². The average Bonchev–Trinajstić information content (AvgIpc) is 2.83. The Hall–Kier alpha value is -1.61. The molecule has 0 saturated carbocycles. The Kier molecular flexibility index (Phi) is 3.88. The van der Waals surface area contributed by atoms with Crippen molar-refractivity contribution in [2.75, 3.05) is 6.54 Å². The second-order valence-corrected chi connectivity index (χ2v) is 6.20. The van der Waals surface area contributed by atoms with Gasteiger partial charge in [-0.25, -0.2) is 0 Å². The fourth-order valence-corrected chi connectivity index (χ4v) is 2.85. The third-order valence-corrected chi connectivity index (χ3v) is 3.94. The van der Waals surface area contributed by atoms with E-state index >= 15 is 0 Å². The molecular formula is C17H23N3. The molecule has 1 aromatic heterocycles. The Labute approximate surface area is 121 Å². The number of hydrogen-bond acceptors (Lipinski definition) is 2. The van der Waals surface area contributed by atoms with E-state index in [0.29, 0.717) is 11.8 Å². The summed E-state index contributed by atoms with van der Waals surface area (Å²) >= 11 is 0. The number of rotatable bonds is 6. The minimum Gasteiger partial charge on any atom is -0.312 e. The van der Waals surface area contributed by atoms with Crippen molar-refractivity contribution in [1.29, 1.82) is 0 Å². The molecule has 0 bridgehead atoms. The molecule has 0 spiro atoms. The summed E-state index contributed by atoms with van der Waals surface area (Å²) in [5.41, 5.74) is 4.28. The summed E-state index contributed by atoms with van der Waals surface area (Å²) in [6.45, 7) is 7.43. The van der Waals surface area contributed by atoms with Crippen LogP contribution in [0.1, 0.15) is 36.5 Å². The molecule has 3 nitrogen and oxygen atoms in total. The summed E-state index contributed by atoms with van der Waals surface area (Å²) in [6.07, 6.45) is 5.35. The van der Waals surface area contributed by atoms with E-state index in [1.165, 1.54) is 23.1 Å². The lowest BCUT2D eigenvalue weighted by Gasteiger charge is -2.29. The zero-order chi connectivity index (χ0) is 13.9. The van der Waals surface area contributed by atoms with Gasteiger partial charge in [-0.3, -0.25) is 4.68 Å². The molecule has 1 unspecified atom stereocenters. The van der Waals surface area contributed by atoms with Gasteiger partial charge < -0.3 is 5.32 Å². The van der Waals surface area contributed by atoms with E-state index in [2.05, 4.69) is 59.4 Å². The first-order chi connectivity index (χ1) is 9.72. The third kappa shape index (κ3) is 2.93. The molecule has 0 aliphatic heterocycles. The van der Waals surface area contributed by atoms with Gasteiger partial charge in [-0.05, 0) is 30.0 Å². The van der Waals surface area contributed by atoms with Gasteiger partial charge in [-0.2, -0.15) is 5.10 Å². The van der Waals surface area contributed by atoms with Gasteiger partial charge in [-0.1, -0.05) is 38.1 Å². The fraction of sp³-hybridized carbons (Fsp3) is 0.471. The fourth-order valence-electron chi connectivity index (χ4n) is 2.85. The van der Waals surface area contributed by atoms with E-state index in [1.807, 2.05) is 6.20 Å². The molecule has 3 rings (SSSR count). The van der Waals surface area contributed by atoms with Gasteiger partial charge in [0.2, 0.25) is 0 Å². The van der Waals surface area contributed by atoms with Gasteiger partial charge in [-0.15, -0.1) is 0 Å². The molecule has 3 heteroatoms. The summed E-state index contributed by atoms with van der Waals surface area (Å²) in [6, 6.07) is 8.74. The predicted molar refractivity (Wildman–Crippen MR) is 81.7 cm³/mol. The average molecular weight is 269 g/mol. The van der Waals surface area contributed by atoms with Crippen molar-refractivity contribution in [1.82, 2.24) is 15.1 Å². The van der Waals surface area contributed by atoms with Crippen LogP contribution in [0.15, 0.2) is 36.7 Å². The Balaban J connectivity index is 1.54. The Morgan fingerprint density at radius 3 is 3.00 bits per heavy atom. The molecule has 1 aliphatic carbocycles. The van der Waals surface area contributed by atoms with Gasteiger partial charge in [0.15, 0.2) is 0 Å². The zero-order valence-corrected chi connectivity index (χ0v) is 12.3. The Morgan fingerprint density at radius 1 is 1.35 bits per heavy atom. The van der Waals surface area contributed by atoms with Gasteiger partial charge in [0.05, 0.1) is 6.20 Å². The van der Waals surface area contributed by atoms with Crippen molar-refractivity contribution in [3.05, 3.63) is 53.3 Å². The molecular weight excluding hydrogens is 246 g/mol. The molecule has 1 N–H and O–H groups in total. The minimum atomic E-state index is 0.641. The topological polar surface area (TPSA) is 29.9 Å². The normalized spacial score (nSPS) is 17.1. The summed E-state index contributed by atoms with van der Waals surface area (Å²) in [5.74, 6) is 1.33. The van der Waals surface area contributed by atoms with Crippen molar-refractivity contribution in [3.8, 4) is 0 Å². The van der Waals surface area contributed by atoms with Crippen LogP contribution in [-0.4, -0.2) is 16.3 Å². The predicted octanol–water partition coefficient (Wildman–Crippen LogP) is 2.97. The smallest absolute Gasteiger partial charge is 0.0534 e. The molecule has 0 radical (unpaired) electrons. The van der Waals surface area contributed by atoms with E-state index < -0.39 is 0 Å². The number of fused-ring (bicyclic) bond motifs is 1. The van der Waals surface area contributed by atoms with Crippen LogP contribution in [-0.2, 0) is 19.5 Å². The molecule has 0 saturated heterocycles. The number of nitrogens with one attached hydrogen (secondary N) is 1. The maximum atomic E-state index is 4.49. The molecule has 1 aromatic carbocycles. The number of benzene rings is 1. The van der Waals surface area contributed by atoms with Crippen LogP contribution in [0.4, 0.5) is 0 Å².